The zero-order chi connectivity index (χ0) is 17.2. The smallest absolute Gasteiger partial charge is 0.194 e. The summed E-state index contributed by atoms with van der Waals surface area (Å²) in [5, 5.41) is 3.33. The number of hydrogen-bond donors (Lipinski definition) is 2. The van der Waals surface area contributed by atoms with Gasteiger partial charge in [-0.1, -0.05) is 42.5 Å². The molecule has 0 bridgehead atoms. The van der Waals surface area contributed by atoms with Crippen molar-refractivity contribution in [1.29, 1.82) is 0 Å². The van der Waals surface area contributed by atoms with Gasteiger partial charge in [-0.05, 0) is 25.8 Å². The van der Waals surface area contributed by atoms with Crippen molar-refractivity contribution in [3.8, 4) is 11.3 Å². The van der Waals surface area contributed by atoms with Gasteiger partial charge in [0.25, 0.3) is 0 Å². The molecule has 0 radical (unpaired) electrons. The van der Waals surface area contributed by atoms with Crippen LogP contribution in [0.25, 0.3) is 11.3 Å². The van der Waals surface area contributed by atoms with Crippen LogP contribution in [0, 0.1) is 0 Å². The zero-order valence-electron chi connectivity index (χ0n) is 15.2. The average Bonchev–Trinajstić information content (AvgIpc) is 3.07. The van der Waals surface area contributed by atoms with Crippen LogP contribution in [0.15, 0.2) is 53.7 Å². The molecule has 2 aromatic rings. The van der Waals surface area contributed by atoms with E-state index in [4.69, 9.17) is 0 Å². The molecule has 2 rings (SSSR count). The fourth-order valence-corrected chi connectivity index (χ4v) is 2.39. The Bertz CT molecular complexity index is 663. The van der Waals surface area contributed by atoms with E-state index >= 15 is 0 Å². The summed E-state index contributed by atoms with van der Waals surface area (Å²) in [6, 6.07) is 10.2. The number of aromatic amines is 1. The molecule has 1 heterocycles. The summed E-state index contributed by atoms with van der Waals surface area (Å²) in [5.41, 5.74) is 2.18. The first-order valence-electron chi connectivity index (χ1n) is 8.44. The first-order valence-corrected chi connectivity index (χ1v) is 8.44. The van der Waals surface area contributed by atoms with Crippen molar-refractivity contribution in [3.05, 3.63) is 54.5 Å². The highest BCUT2D eigenvalue weighted by atomic mass is 127. The van der Waals surface area contributed by atoms with Crippen molar-refractivity contribution in [1.82, 2.24) is 20.2 Å². The van der Waals surface area contributed by atoms with Gasteiger partial charge in [-0.3, -0.25) is 4.99 Å². The quantitative estimate of drug-likeness (QED) is 0.219. The lowest BCUT2D eigenvalue weighted by molar-refractivity contribution is 0.464. The maximum Gasteiger partial charge on any atom is 0.194 e. The molecule has 2 N–H and O–H groups in total. The highest BCUT2D eigenvalue weighted by molar-refractivity contribution is 14.0. The summed E-state index contributed by atoms with van der Waals surface area (Å²) in [5.74, 6) is 1.83. The number of aliphatic imine (C=N–C) groups is 1. The van der Waals surface area contributed by atoms with Gasteiger partial charge in [0, 0.05) is 20.1 Å². The minimum absolute atomic E-state index is 0. The number of benzene rings is 1. The first-order chi connectivity index (χ1) is 11.7. The van der Waals surface area contributed by atoms with Gasteiger partial charge in [0.1, 0.15) is 5.82 Å². The second kappa shape index (κ2) is 11.7. The lowest BCUT2D eigenvalue weighted by Gasteiger charge is -2.20. The predicted octanol–water partition coefficient (Wildman–Crippen LogP) is 4.06. The van der Waals surface area contributed by atoms with E-state index in [-0.39, 0.29) is 24.0 Å². The first kappa shape index (κ1) is 21.2. The van der Waals surface area contributed by atoms with E-state index in [0.29, 0.717) is 6.54 Å². The summed E-state index contributed by atoms with van der Waals surface area (Å²) in [6.07, 6.45) is 7.03. The Morgan fingerprint density at radius 3 is 2.76 bits per heavy atom. The van der Waals surface area contributed by atoms with E-state index in [9.17, 15) is 0 Å². The van der Waals surface area contributed by atoms with Crippen LogP contribution < -0.4 is 5.32 Å². The number of allylic oxidation sites excluding steroid dienone is 1. The number of rotatable bonds is 7. The summed E-state index contributed by atoms with van der Waals surface area (Å²) in [7, 11) is 2.03. The van der Waals surface area contributed by atoms with Crippen molar-refractivity contribution in [3.63, 3.8) is 0 Å². The van der Waals surface area contributed by atoms with Crippen molar-refractivity contribution < 1.29 is 0 Å². The Morgan fingerprint density at radius 2 is 2.08 bits per heavy atom. The van der Waals surface area contributed by atoms with Gasteiger partial charge in [-0.25, -0.2) is 4.98 Å². The molecule has 0 unspecified atom stereocenters. The van der Waals surface area contributed by atoms with Gasteiger partial charge in [-0.15, -0.1) is 24.0 Å². The molecule has 0 fully saturated rings. The molecule has 0 saturated heterocycles. The molecule has 0 aliphatic heterocycles. The van der Waals surface area contributed by atoms with Crippen molar-refractivity contribution >= 4 is 29.9 Å². The molecule has 0 aliphatic rings. The molecule has 0 saturated carbocycles. The minimum atomic E-state index is 0. The molecule has 1 aromatic carbocycles. The molecule has 5 nitrogen and oxygen atoms in total. The van der Waals surface area contributed by atoms with E-state index in [1.165, 1.54) is 0 Å². The van der Waals surface area contributed by atoms with Gasteiger partial charge in [-0.2, -0.15) is 0 Å². The monoisotopic (exact) mass is 453 g/mol. The van der Waals surface area contributed by atoms with Crippen molar-refractivity contribution in [2.24, 2.45) is 4.99 Å². The molecular weight excluding hydrogens is 425 g/mol. The van der Waals surface area contributed by atoms with Crippen LogP contribution in [0.2, 0.25) is 0 Å². The van der Waals surface area contributed by atoms with Crippen LogP contribution >= 0.6 is 24.0 Å². The lowest BCUT2D eigenvalue weighted by Crippen LogP contribution is -2.38. The fraction of sp³-hybridized carbons (Fsp3) is 0.368. The zero-order valence-corrected chi connectivity index (χ0v) is 17.5. The van der Waals surface area contributed by atoms with Gasteiger partial charge in [0.15, 0.2) is 5.96 Å². The molecular formula is C19H28IN5. The van der Waals surface area contributed by atoms with Crippen LogP contribution in [0.1, 0.15) is 26.1 Å². The van der Waals surface area contributed by atoms with Crippen molar-refractivity contribution in [2.75, 3.05) is 20.1 Å². The van der Waals surface area contributed by atoms with E-state index < -0.39 is 0 Å². The Labute approximate surface area is 167 Å². The largest absolute Gasteiger partial charge is 0.357 e. The third-order valence-corrected chi connectivity index (χ3v) is 3.59. The molecule has 0 spiro atoms. The Hall–Kier alpha value is -1.83. The number of nitrogens with zero attached hydrogens (tertiary/aromatic N) is 3. The summed E-state index contributed by atoms with van der Waals surface area (Å²) < 4.78 is 0. The van der Waals surface area contributed by atoms with Gasteiger partial charge in [0.2, 0.25) is 0 Å². The lowest BCUT2D eigenvalue weighted by atomic mass is 10.2. The van der Waals surface area contributed by atoms with Crippen LogP contribution in [-0.4, -0.2) is 41.0 Å². The average molecular weight is 453 g/mol. The number of imidazole rings is 1. The standard InChI is InChI=1S/C19H27N5.HI/c1-4-6-10-13-21-19(20-5-2)24(3)15-18-22-14-17(23-18)16-11-8-7-9-12-16;/h4,6-9,11-12,14H,5,10,13,15H2,1-3H3,(H,20,21)(H,22,23);1H/b6-4+;. The van der Waals surface area contributed by atoms with E-state index in [1.54, 1.807) is 0 Å². The maximum absolute atomic E-state index is 4.65. The maximum atomic E-state index is 4.65. The predicted molar refractivity (Wildman–Crippen MR) is 116 cm³/mol. The molecule has 0 atom stereocenters. The van der Waals surface area contributed by atoms with Gasteiger partial charge in [0.05, 0.1) is 18.4 Å². The van der Waals surface area contributed by atoms with E-state index in [1.807, 2.05) is 38.4 Å². The number of nitrogens with one attached hydrogen (secondary N) is 2. The highest BCUT2D eigenvalue weighted by Crippen LogP contribution is 2.16. The molecule has 6 heteroatoms. The topological polar surface area (TPSA) is 56.3 Å². The molecule has 136 valence electrons. The molecule has 25 heavy (non-hydrogen) atoms. The summed E-state index contributed by atoms with van der Waals surface area (Å²) in [4.78, 5) is 14.6. The van der Waals surface area contributed by atoms with Crippen LogP contribution in [0.5, 0.6) is 0 Å². The number of guanidine groups is 1. The van der Waals surface area contributed by atoms with E-state index in [2.05, 4.69) is 56.4 Å². The third-order valence-electron chi connectivity index (χ3n) is 3.59. The molecule has 0 amide bonds. The second-order valence-electron chi connectivity index (χ2n) is 5.56. The molecule has 1 aromatic heterocycles. The summed E-state index contributed by atoms with van der Waals surface area (Å²) >= 11 is 0. The SMILES string of the molecule is C/C=C/CCN=C(NCC)N(C)Cc1ncc(-c2ccccc2)[nH]1.I. The highest BCUT2D eigenvalue weighted by Gasteiger charge is 2.09. The molecule has 0 aliphatic carbocycles. The number of hydrogen-bond acceptors (Lipinski definition) is 2. The normalized spacial score (nSPS) is 11.4. The fourth-order valence-electron chi connectivity index (χ4n) is 2.39. The Kier molecular flexibility index (Phi) is 9.91. The number of aromatic nitrogens is 2. The van der Waals surface area contributed by atoms with Gasteiger partial charge >= 0.3 is 0 Å². The van der Waals surface area contributed by atoms with Crippen molar-refractivity contribution in [2.45, 2.75) is 26.8 Å². The third kappa shape index (κ3) is 6.89. The van der Waals surface area contributed by atoms with Crippen LogP contribution in [0.3, 0.4) is 0 Å². The Balaban J connectivity index is 0.00000312. The van der Waals surface area contributed by atoms with E-state index in [0.717, 1.165) is 42.6 Å². The van der Waals surface area contributed by atoms with Crippen LogP contribution in [-0.2, 0) is 6.54 Å². The van der Waals surface area contributed by atoms with Crippen LogP contribution in [0.4, 0.5) is 0 Å². The van der Waals surface area contributed by atoms with Gasteiger partial charge < -0.3 is 15.2 Å². The summed E-state index contributed by atoms with van der Waals surface area (Å²) in [6.45, 7) is 6.42. The number of halogens is 1. The Morgan fingerprint density at radius 1 is 1.32 bits per heavy atom. The number of H-pyrrole nitrogens is 1. The minimum Gasteiger partial charge on any atom is -0.357 e. The second-order valence-corrected chi connectivity index (χ2v) is 5.56.